The predicted octanol–water partition coefficient (Wildman–Crippen LogP) is 0.921. The van der Waals surface area contributed by atoms with Gasteiger partial charge in [-0.1, -0.05) is 6.07 Å². The van der Waals surface area contributed by atoms with Gasteiger partial charge in [0.1, 0.15) is 17.9 Å². The summed E-state index contributed by atoms with van der Waals surface area (Å²) in [4.78, 5) is 40.5. The number of nitrogens with one attached hydrogen (secondary N) is 2. The van der Waals surface area contributed by atoms with Gasteiger partial charge in [-0.25, -0.2) is 9.18 Å². The summed E-state index contributed by atoms with van der Waals surface area (Å²) in [6.07, 6.45) is 1.98. The summed E-state index contributed by atoms with van der Waals surface area (Å²) in [6.45, 7) is 0.966. The summed E-state index contributed by atoms with van der Waals surface area (Å²) in [6, 6.07) is 4.01. The van der Waals surface area contributed by atoms with Gasteiger partial charge in [-0.3, -0.25) is 9.59 Å². The molecule has 0 unspecified atom stereocenters. The van der Waals surface area contributed by atoms with Gasteiger partial charge in [0.15, 0.2) is 0 Å². The van der Waals surface area contributed by atoms with Gasteiger partial charge in [-0.15, -0.1) is 0 Å². The first-order chi connectivity index (χ1) is 12.0. The number of urea groups is 1. The number of amides is 4. The Labute approximate surface area is 144 Å². The fourth-order valence-corrected chi connectivity index (χ4v) is 4.01. The molecule has 0 aromatic heterocycles. The van der Waals surface area contributed by atoms with Crippen LogP contribution in [0.2, 0.25) is 0 Å². The Hall–Kier alpha value is -2.64. The Bertz CT molecular complexity index is 710. The first-order valence-corrected chi connectivity index (χ1v) is 8.47. The zero-order chi connectivity index (χ0) is 17.6. The normalized spacial score (nSPS) is 28.0. The first-order valence-electron chi connectivity index (χ1n) is 8.47. The number of carbonyl (C=O) groups is 3. The van der Waals surface area contributed by atoms with Crippen molar-refractivity contribution in [1.82, 2.24) is 15.1 Å². The van der Waals surface area contributed by atoms with Crippen LogP contribution in [0.15, 0.2) is 24.3 Å². The minimum absolute atomic E-state index is 0.0167. The van der Waals surface area contributed by atoms with E-state index >= 15 is 0 Å². The van der Waals surface area contributed by atoms with E-state index in [1.54, 1.807) is 15.9 Å². The van der Waals surface area contributed by atoms with Crippen molar-refractivity contribution >= 4 is 23.5 Å². The Morgan fingerprint density at radius 3 is 2.76 bits per heavy atom. The van der Waals surface area contributed by atoms with E-state index in [1.807, 2.05) is 0 Å². The van der Waals surface area contributed by atoms with Crippen LogP contribution in [0.3, 0.4) is 0 Å². The minimum atomic E-state index is -0.485. The Morgan fingerprint density at radius 2 is 1.96 bits per heavy atom. The highest BCUT2D eigenvalue weighted by molar-refractivity contribution is 5.98. The summed E-state index contributed by atoms with van der Waals surface area (Å²) in [5.41, 5.74) is 0.348. The van der Waals surface area contributed by atoms with Gasteiger partial charge < -0.3 is 20.4 Å². The summed E-state index contributed by atoms with van der Waals surface area (Å²) in [5.74, 6) is -0.471. The van der Waals surface area contributed by atoms with E-state index in [9.17, 15) is 18.8 Å². The molecule has 25 heavy (non-hydrogen) atoms. The lowest BCUT2D eigenvalue weighted by atomic mass is 10.1. The van der Waals surface area contributed by atoms with Crippen LogP contribution in [-0.2, 0) is 9.59 Å². The van der Waals surface area contributed by atoms with Crippen molar-refractivity contribution < 1.29 is 18.8 Å². The van der Waals surface area contributed by atoms with Gasteiger partial charge in [-0.05, 0) is 37.5 Å². The lowest BCUT2D eigenvalue weighted by Gasteiger charge is -2.38. The molecule has 8 heteroatoms. The molecular formula is C17H19FN4O3. The molecule has 1 aromatic rings. The van der Waals surface area contributed by atoms with Crippen LogP contribution in [0, 0.1) is 5.82 Å². The summed E-state index contributed by atoms with van der Waals surface area (Å²) >= 11 is 0. The number of hydrogen-bond acceptors (Lipinski definition) is 3. The van der Waals surface area contributed by atoms with Gasteiger partial charge in [0.2, 0.25) is 11.8 Å². The van der Waals surface area contributed by atoms with E-state index in [0.717, 1.165) is 6.42 Å². The van der Waals surface area contributed by atoms with Gasteiger partial charge in [0.05, 0.1) is 6.04 Å². The number of benzene rings is 1. The number of rotatable bonds is 2. The van der Waals surface area contributed by atoms with E-state index in [4.69, 9.17) is 0 Å². The van der Waals surface area contributed by atoms with Crippen molar-refractivity contribution in [2.24, 2.45) is 0 Å². The molecule has 1 aromatic carbocycles. The van der Waals surface area contributed by atoms with Crippen LogP contribution in [0.5, 0.6) is 0 Å². The first kappa shape index (κ1) is 15.9. The highest BCUT2D eigenvalue weighted by atomic mass is 19.1. The second-order valence-corrected chi connectivity index (χ2v) is 6.74. The third-order valence-corrected chi connectivity index (χ3v) is 5.11. The van der Waals surface area contributed by atoms with Crippen molar-refractivity contribution in [3.63, 3.8) is 0 Å². The average molecular weight is 346 g/mol. The lowest BCUT2D eigenvalue weighted by molar-refractivity contribution is -0.156. The van der Waals surface area contributed by atoms with Crippen molar-refractivity contribution in [1.29, 1.82) is 0 Å². The molecule has 132 valence electrons. The second-order valence-electron chi connectivity index (χ2n) is 6.74. The molecule has 0 aliphatic carbocycles. The quantitative estimate of drug-likeness (QED) is 0.836. The molecule has 0 spiro atoms. The van der Waals surface area contributed by atoms with Gasteiger partial charge in [0.25, 0.3) is 0 Å². The smallest absolute Gasteiger partial charge is 0.319 e. The number of anilines is 1. The molecule has 3 aliphatic heterocycles. The van der Waals surface area contributed by atoms with E-state index < -0.39 is 17.9 Å². The highest BCUT2D eigenvalue weighted by Gasteiger charge is 2.51. The van der Waals surface area contributed by atoms with Crippen LogP contribution in [0.4, 0.5) is 14.9 Å². The fraction of sp³-hybridized carbons (Fsp3) is 0.471. The maximum atomic E-state index is 13.2. The summed E-state index contributed by atoms with van der Waals surface area (Å²) in [7, 11) is 0. The van der Waals surface area contributed by atoms with Crippen LogP contribution in [-0.4, -0.2) is 58.9 Å². The number of carbonyl (C=O) groups excluding carboxylic acids is 3. The molecule has 3 aliphatic rings. The molecule has 2 N–H and O–H groups in total. The van der Waals surface area contributed by atoms with Gasteiger partial charge in [0, 0.05) is 18.8 Å². The van der Waals surface area contributed by atoms with Gasteiger partial charge in [-0.2, -0.15) is 0 Å². The third-order valence-electron chi connectivity index (χ3n) is 5.11. The van der Waals surface area contributed by atoms with Crippen molar-refractivity contribution in [3.05, 3.63) is 30.1 Å². The monoisotopic (exact) mass is 346 g/mol. The zero-order valence-corrected chi connectivity index (χ0v) is 13.6. The number of halogens is 1. The molecule has 0 saturated carbocycles. The topological polar surface area (TPSA) is 81.8 Å². The predicted molar refractivity (Wildman–Crippen MR) is 87.2 cm³/mol. The van der Waals surface area contributed by atoms with Crippen molar-refractivity contribution in [3.8, 4) is 0 Å². The molecule has 0 bridgehead atoms. The largest absolute Gasteiger partial charge is 0.333 e. The SMILES string of the molecule is O=C(Nc1cccc(F)c1)N[C@H]1C[C@H]2C(=O)N3CCC[C@@H]3C(=O)N2C1. The zero-order valence-electron chi connectivity index (χ0n) is 13.6. The summed E-state index contributed by atoms with van der Waals surface area (Å²) in [5, 5.41) is 5.34. The van der Waals surface area contributed by atoms with Crippen LogP contribution in [0.1, 0.15) is 19.3 Å². The standard InChI is InChI=1S/C17H19FN4O3/c18-10-3-1-4-11(7-10)19-17(25)20-12-8-14-16(24)21-6-2-5-13(21)15(23)22(14)9-12/h1,3-4,7,12-14H,2,5-6,8-9H2,(H2,19,20,25)/t12-,13+,14-/m0/s1. The molecule has 3 heterocycles. The van der Waals surface area contributed by atoms with Crippen molar-refractivity contribution in [2.45, 2.75) is 37.4 Å². The van der Waals surface area contributed by atoms with E-state index in [2.05, 4.69) is 10.6 Å². The van der Waals surface area contributed by atoms with Gasteiger partial charge >= 0.3 is 6.03 Å². The maximum absolute atomic E-state index is 13.2. The molecule has 3 fully saturated rings. The number of piperazine rings is 1. The lowest BCUT2D eigenvalue weighted by Crippen LogP contribution is -2.60. The number of hydrogen-bond donors (Lipinski definition) is 2. The average Bonchev–Trinajstić information content (AvgIpc) is 3.20. The minimum Gasteiger partial charge on any atom is -0.333 e. The molecule has 3 atom stereocenters. The molecular weight excluding hydrogens is 327 g/mol. The second kappa shape index (κ2) is 6.02. The number of fused-ring (bicyclic) bond motifs is 2. The third kappa shape index (κ3) is 2.81. The van der Waals surface area contributed by atoms with Crippen LogP contribution < -0.4 is 10.6 Å². The molecule has 4 amide bonds. The van der Waals surface area contributed by atoms with E-state index in [-0.39, 0.29) is 23.9 Å². The van der Waals surface area contributed by atoms with E-state index in [0.29, 0.717) is 31.6 Å². The molecule has 0 radical (unpaired) electrons. The van der Waals surface area contributed by atoms with E-state index in [1.165, 1.54) is 18.2 Å². The molecule has 3 saturated heterocycles. The Balaban J connectivity index is 1.40. The molecule has 7 nitrogen and oxygen atoms in total. The highest BCUT2D eigenvalue weighted by Crippen LogP contribution is 2.32. The van der Waals surface area contributed by atoms with Crippen LogP contribution in [0.25, 0.3) is 0 Å². The molecule has 4 rings (SSSR count). The van der Waals surface area contributed by atoms with Crippen LogP contribution >= 0.6 is 0 Å². The number of nitrogens with zero attached hydrogens (tertiary/aromatic N) is 2. The fourth-order valence-electron chi connectivity index (χ4n) is 4.01. The Kier molecular flexibility index (Phi) is 3.82. The Morgan fingerprint density at radius 1 is 1.16 bits per heavy atom. The summed E-state index contributed by atoms with van der Waals surface area (Å²) < 4.78 is 13.2. The maximum Gasteiger partial charge on any atom is 0.319 e. The van der Waals surface area contributed by atoms with Crippen molar-refractivity contribution in [2.75, 3.05) is 18.4 Å².